The third kappa shape index (κ3) is 2.52. The summed E-state index contributed by atoms with van der Waals surface area (Å²) in [5.74, 6) is -0.339. The lowest BCUT2D eigenvalue weighted by Crippen LogP contribution is -2.16. The largest absolute Gasteiger partial charge is 0.433 e. The molecule has 0 N–H and O–H groups in total. The molecule has 0 amide bonds. The van der Waals surface area contributed by atoms with Gasteiger partial charge in [-0.25, -0.2) is 4.79 Å². The van der Waals surface area contributed by atoms with Crippen LogP contribution in [0.5, 0.6) is 0 Å². The number of ether oxygens (including phenoxy) is 1. The Labute approximate surface area is 117 Å². The smallest absolute Gasteiger partial charge is 0.339 e. The van der Waals surface area contributed by atoms with Crippen LogP contribution in [-0.2, 0) is 9.53 Å². The van der Waals surface area contributed by atoms with E-state index in [9.17, 15) is 4.79 Å². The lowest BCUT2D eigenvalue weighted by atomic mass is 10.0. The molecule has 0 fully saturated rings. The fraction of sp³-hybridized carbons (Fsp3) is 0.0588. The molecule has 2 aromatic rings. The van der Waals surface area contributed by atoms with Crippen molar-refractivity contribution in [2.45, 2.75) is 6.04 Å². The van der Waals surface area contributed by atoms with E-state index in [1.54, 1.807) is 6.08 Å². The molecule has 1 heterocycles. The highest BCUT2D eigenvalue weighted by Crippen LogP contribution is 2.15. The van der Waals surface area contributed by atoms with E-state index in [-0.39, 0.29) is 5.97 Å². The lowest BCUT2D eigenvalue weighted by Gasteiger charge is -2.09. The van der Waals surface area contributed by atoms with Crippen LogP contribution < -0.4 is 0 Å². The third-order valence-corrected chi connectivity index (χ3v) is 3.05. The van der Waals surface area contributed by atoms with Gasteiger partial charge in [0.2, 0.25) is 0 Å². The van der Waals surface area contributed by atoms with E-state index in [0.29, 0.717) is 0 Å². The van der Waals surface area contributed by atoms with Crippen molar-refractivity contribution in [1.82, 2.24) is 0 Å². The van der Waals surface area contributed by atoms with Crippen LogP contribution in [0.1, 0.15) is 11.1 Å². The first-order valence-electron chi connectivity index (χ1n) is 6.40. The Hall–Kier alpha value is -2.68. The van der Waals surface area contributed by atoms with E-state index >= 15 is 0 Å². The Kier molecular flexibility index (Phi) is 3.42. The second-order valence-electron chi connectivity index (χ2n) is 4.42. The van der Waals surface area contributed by atoms with Crippen molar-refractivity contribution in [2.75, 3.05) is 0 Å². The molecule has 0 spiro atoms. The van der Waals surface area contributed by atoms with Gasteiger partial charge >= 0.3 is 5.97 Å². The summed E-state index contributed by atoms with van der Waals surface area (Å²) in [5.41, 5.74) is 2.75. The Morgan fingerprint density at radius 3 is 1.90 bits per heavy atom. The molecular weight excluding hydrogens is 250 g/mol. The number of aliphatic imine (C=N–C) groups is 1. The maximum Gasteiger partial charge on any atom is 0.339 e. The minimum atomic E-state index is -0.564. The van der Waals surface area contributed by atoms with Gasteiger partial charge in [0.15, 0.2) is 6.04 Å². The van der Waals surface area contributed by atoms with Crippen LogP contribution in [0.4, 0.5) is 0 Å². The van der Waals surface area contributed by atoms with Gasteiger partial charge in [-0.3, -0.25) is 4.99 Å². The van der Waals surface area contributed by atoms with Crippen LogP contribution in [0.15, 0.2) is 78.0 Å². The van der Waals surface area contributed by atoms with E-state index in [4.69, 9.17) is 4.74 Å². The standard InChI is InChI=1S/C17H13NO2/c19-17-15(11-12-20-17)18-16(13-7-3-1-4-8-13)14-9-5-2-6-10-14/h1-12,15H. The number of rotatable bonds is 3. The molecule has 1 aliphatic heterocycles. The van der Waals surface area contributed by atoms with Gasteiger partial charge in [0.25, 0.3) is 0 Å². The minimum Gasteiger partial charge on any atom is -0.433 e. The first-order valence-corrected chi connectivity index (χ1v) is 6.40. The number of carbonyl (C=O) groups is 1. The summed E-state index contributed by atoms with van der Waals surface area (Å²) < 4.78 is 4.81. The zero-order chi connectivity index (χ0) is 13.8. The summed E-state index contributed by atoms with van der Waals surface area (Å²) in [6.45, 7) is 0. The molecule has 0 saturated heterocycles. The molecule has 20 heavy (non-hydrogen) atoms. The van der Waals surface area contributed by atoms with Crippen LogP contribution in [0.25, 0.3) is 0 Å². The average molecular weight is 263 g/mol. The summed E-state index contributed by atoms with van der Waals surface area (Å²) in [4.78, 5) is 16.1. The van der Waals surface area contributed by atoms with Gasteiger partial charge in [0, 0.05) is 11.1 Å². The molecule has 98 valence electrons. The van der Waals surface area contributed by atoms with E-state index in [0.717, 1.165) is 16.8 Å². The highest BCUT2D eigenvalue weighted by molar-refractivity contribution is 6.13. The number of hydrogen-bond acceptors (Lipinski definition) is 3. The molecule has 0 bridgehead atoms. The number of cyclic esters (lactones) is 1. The van der Waals surface area contributed by atoms with Crippen LogP contribution in [0.2, 0.25) is 0 Å². The fourth-order valence-electron chi connectivity index (χ4n) is 2.07. The number of esters is 1. The Morgan fingerprint density at radius 2 is 1.45 bits per heavy atom. The van der Waals surface area contributed by atoms with Crippen LogP contribution in [-0.4, -0.2) is 17.7 Å². The van der Waals surface area contributed by atoms with Crippen molar-refractivity contribution in [3.8, 4) is 0 Å². The summed E-state index contributed by atoms with van der Waals surface area (Å²) in [6.07, 6.45) is 3.05. The molecular formula is C17H13NO2. The number of benzene rings is 2. The van der Waals surface area contributed by atoms with Crippen molar-refractivity contribution in [3.63, 3.8) is 0 Å². The van der Waals surface area contributed by atoms with Gasteiger partial charge in [0.05, 0.1) is 12.0 Å². The normalized spacial score (nSPS) is 16.8. The molecule has 0 aromatic heterocycles. The topological polar surface area (TPSA) is 38.7 Å². The van der Waals surface area contributed by atoms with E-state index in [1.165, 1.54) is 6.26 Å². The summed E-state index contributed by atoms with van der Waals surface area (Å²) in [6, 6.07) is 19.1. The number of hydrogen-bond donors (Lipinski definition) is 0. The summed E-state index contributed by atoms with van der Waals surface area (Å²) in [5, 5.41) is 0. The van der Waals surface area contributed by atoms with E-state index < -0.39 is 6.04 Å². The lowest BCUT2D eigenvalue weighted by molar-refractivity contribution is -0.136. The third-order valence-electron chi connectivity index (χ3n) is 3.05. The van der Waals surface area contributed by atoms with Crippen molar-refractivity contribution in [1.29, 1.82) is 0 Å². The van der Waals surface area contributed by atoms with Crippen LogP contribution in [0.3, 0.4) is 0 Å². The first-order chi connectivity index (χ1) is 9.84. The highest BCUT2D eigenvalue weighted by Gasteiger charge is 2.22. The molecule has 1 unspecified atom stereocenters. The van der Waals surface area contributed by atoms with Crippen molar-refractivity contribution >= 4 is 11.7 Å². The monoisotopic (exact) mass is 263 g/mol. The second-order valence-corrected chi connectivity index (χ2v) is 4.42. The summed E-state index contributed by atoms with van der Waals surface area (Å²) >= 11 is 0. The van der Waals surface area contributed by atoms with Gasteiger partial charge in [-0.1, -0.05) is 60.7 Å². The maximum atomic E-state index is 11.6. The molecule has 3 heteroatoms. The molecule has 0 radical (unpaired) electrons. The molecule has 1 atom stereocenters. The second kappa shape index (κ2) is 5.53. The molecule has 2 aromatic carbocycles. The Balaban J connectivity index is 2.07. The highest BCUT2D eigenvalue weighted by atomic mass is 16.5. The van der Waals surface area contributed by atoms with Gasteiger partial charge in [-0.05, 0) is 6.08 Å². The Morgan fingerprint density at radius 1 is 0.900 bits per heavy atom. The average Bonchev–Trinajstić information content (AvgIpc) is 2.92. The van der Waals surface area contributed by atoms with Gasteiger partial charge in [-0.15, -0.1) is 0 Å². The van der Waals surface area contributed by atoms with Gasteiger partial charge < -0.3 is 4.74 Å². The quantitative estimate of drug-likeness (QED) is 0.630. The first kappa shape index (κ1) is 12.4. The maximum absolute atomic E-state index is 11.6. The van der Waals surface area contributed by atoms with Crippen molar-refractivity contribution in [3.05, 3.63) is 84.1 Å². The predicted molar refractivity (Wildman–Crippen MR) is 77.5 cm³/mol. The van der Waals surface area contributed by atoms with Gasteiger partial charge in [-0.2, -0.15) is 0 Å². The zero-order valence-electron chi connectivity index (χ0n) is 10.8. The molecule has 1 aliphatic rings. The minimum absolute atomic E-state index is 0.339. The van der Waals surface area contributed by atoms with Crippen molar-refractivity contribution < 1.29 is 9.53 Å². The Bertz CT molecular complexity index is 618. The molecule has 3 nitrogen and oxygen atoms in total. The van der Waals surface area contributed by atoms with Crippen LogP contribution >= 0.6 is 0 Å². The molecule has 3 rings (SSSR count). The van der Waals surface area contributed by atoms with Crippen molar-refractivity contribution in [2.24, 2.45) is 4.99 Å². The number of carbonyl (C=O) groups excluding carboxylic acids is 1. The fourth-order valence-corrected chi connectivity index (χ4v) is 2.07. The number of nitrogens with zero attached hydrogens (tertiary/aromatic N) is 1. The van der Waals surface area contributed by atoms with Gasteiger partial charge in [0.1, 0.15) is 0 Å². The predicted octanol–water partition coefficient (Wildman–Crippen LogP) is 2.96. The summed E-state index contributed by atoms with van der Waals surface area (Å²) in [7, 11) is 0. The molecule has 0 saturated carbocycles. The zero-order valence-corrected chi connectivity index (χ0v) is 10.8. The SMILES string of the molecule is O=C1OC=CC1N=C(c1ccccc1)c1ccccc1. The van der Waals surface area contributed by atoms with Crippen LogP contribution in [0, 0.1) is 0 Å². The van der Waals surface area contributed by atoms with E-state index in [1.807, 2.05) is 60.7 Å². The molecule has 0 aliphatic carbocycles. The van der Waals surface area contributed by atoms with E-state index in [2.05, 4.69) is 4.99 Å².